The van der Waals surface area contributed by atoms with Crippen LogP contribution in [-0.4, -0.2) is 73.0 Å². The molecule has 212 valence electrons. The van der Waals surface area contributed by atoms with E-state index in [2.05, 4.69) is 20.0 Å². The van der Waals surface area contributed by atoms with Crippen LogP contribution in [0.25, 0.3) is 11.2 Å². The lowest BCUT2D eigenvalue weighted by Gasteiger charge is -2.27. The van der Waals surface area contributed by atoms with Gasteiger partial charge in [-0.05, 0) is 19.1 Å². The Labute approximate surface area is 220 Å². The zero-order chi connectivity index (χ0) is 28.4. The minimum Gasteiger partial charge on any atom is -0.464 e. The number of nitrogens with one attached hydrogen (secondary N) is 2. The molecule has 3 heterocycles. The summed E-state index contributed by atoms with van der Waals surface area (Å²) in [5, 5.41) is 23.7. The number of aliphatic hydroxyl groups excluding tert-OH is 2. The van der Waals surface area contributed by atoms with Crippen molar-refractivity contribution in [2.75, 3.05) is 18.9 Å². The van der Waals surface area contributed by atoms with Crippen molar-refractivity contribution in [1.82, 2.24) is 24.6 Å². The molecule has 1 aliphatic heterocycles. The van der Waals surface area contributed by atoms with Gasteiger partial charge in [-0.2, -0.15) is 4.98 Å². The van der Waals surface area contributed by atoms with Gasteiger partial charge < -0.3 is 29.9 Å². The summed E-state index contributed by atoms with van der Waals surface area (Å²) in [6, 6.07) is 7.11. The lowest BCUT2D eigenvalue weighted by atomic mass is 10.1. The van der Waals surface area contributed by atoms with Crippen molar-refractivity contribution < 1.29 is 42.5 Å². The van der Waals surface area contributed by atoms with Crippen molar-refractivity contribution in [1.29, 1.82) is 0 Å². The van der Waals surface area contributed by atoms with Gasteiger partial charge in [0.15, 0.2) is 17.4 Å². The van der Waals surface area contributed by atoms with E-state index in [1.54, 1.807) is 25.1 Å². The molecule has 4 rings (SSSR count). The largest absolute Gasteiger partial charge is 0.464 e. The molecule has 0 bridgehead atoms. The molecule has 17 heteroatoms. The number of anilines is 1. The van der Waals surface area contributed by atoms with Crippen LogP contribution in [0, 0.1) is 0 Å². The van der Waals surface area contributed by atoms with E-state index in [0.717, 1.165) is 10.9 Å². The highest BCUT2D eigenvalue weighted by Crippen LogP contribution is 2.48. The van der Waals surface area contributed by atoms with E-state index in [0.29, 0.717) is 0 Å². The molecule has 1 fully saturated rings. The molecule has 0 radical (unpaired) electrons. The van der Waals surface area contributed by atoms with Gasteiger partial charge in [-0.1, -0.05) is 25.1 Å². The lowest BCUT2D eigenvalue weighted by Crippen LogP contribution is -2.43. The van der Waals surface area contributed by atoms with Gasteiger partial charge in [0.2, 0.25) is 5.95 Å². The quantitative estimate of drug-likeness (QED) is 0.159. The number of aromatic amines is 1. The van der Waals surface area contributed by atoms with E-state index in [4.69, 9.17) is 24.3 Å². The Morgan fingerprint density at radius 2 is 2.10 bits per heavy atom. The predicted octanol–water partition coefficient (Wildman–Crippen LogP) is 0.753. The zero-order valence-corrected chi connectivity index (χ0v) is 21.8. The number of rotatable bonds is 11. The number of aliphatic hydroxyl groups is 2. The highest BCUT2D eigenvalue weighted by molar-refractivity contribution is 7.52. The Bertz CT molecular complexity index is 1420. The number of carbonyl (C=O) groups is 1. The van der Waals surface area contributed by atoms with E-state index < -0.39 is 56.2 Å². The summed E-state index contributed by atoms with van der Waals surface area (Å²) < 4.78 is 51.7. The Kier molecular flexibility index (Phi) is 8.34. The first-order valence-corrected chi connectivity index (χ1v) is 13.4. The predicted molar refractivity (Wildman–Crippen MR) is 133 cm³/mol. The first-order valence-electron chi connectivity index (χ1n) is 11.8. The van der Waals surface area contributed by atoms with Gasteiger partial charge in [0.05, 0.1) is 6.33 Å². The number of carbonyl (C=O) groups excluding carboxylic acids is 1. The van der Waals surface area contributed by atoms with E-state index in [9.17, 15) is 24.4 Å². The van der Waals surface area contributed by atoms with Crippen molar-refractivity contribution in [3.63, 3.8) is 0 Å². The van der Waals surface area contributed by atoms with E-state index in [1.165, 1.54) is 19.1 Å². The highest BCUT2D eigenvalue weighted by Gasteiger charge is 2.57. The first-order chi connectivity index (χ1) is 18.4. The molecular formula is C22H28FN6O9P. The highest BCUT2D eigenvalue weighted by atomic mass is 31.2. The molecule has 6 atom stereocenters. The van der Waals surface area contributed by atoms with Gasteiger partial charge in [-0.15, -0.1) is 0 Å². The van der Waals surface area contributed by atoms with Crippen molar-refractivity contribution in [3.05, 3.63) is 47.0 Å². The second-order valence-electron chi connectivity index (χ2n) is 8.75. The number of alkyl halides is 1. The molecule has 0 amide bonds. The Balaban J connectivity index is 1.54. The van der Waals surface area contributed by atoms with Crippen LogP contribution < -0.4 is 20.9 Å². The molecule has 2 aromatic heterocycles. The number of nitrogen functional groups attached to an aromatic ring is 1. The van der Waals surface area contributed by atoms with Crippen molar-refractivity contribution >= 4 is 30.8 Å². The molecule has 0 aliphatic carbocycles. The number of esters is 1. The fourth-order valence-electron chi connectivity index (χ4n) is 3.73. The number of hydrogen-bond donors (Lipinski definition) is 5. The van der Waals surface area contributed by atoms with Crippen LogP contribution >= 0.6 is 7.75 Å². The molecule has 0 spiro atoms. The second kappa shape index (κ2) is 11.4. The molecule has 1 aromatic carbocycles. The Morgan fingerprint density at radius 1 is 1.38 bits per heavy atom. The topological polar surface area (TPSA) is 213 Å². The van der Waals surface area contributed by atoms with Crippen LogP contribution in [-0.2, 0) is 23.4 Å². The number of H-pyrrole nitrogens is 1. The minimum atomic E-state index is -4.39. The smallest absolute Gasteiger partial charge is 0.459 e. The number of ether oxygens (including phenoxy) is 2. The summed E-state index contributed by atoms with van der Waals surface area (Å²) in [6.45, 7) is 1.78. The lowest BCUT2D eigenvalue weighted by molar-refractivity contribution is -0.202. The van der Waals surface area contributed by atoms with Crippen molar-refractivity contribution in [3.8, 4) is 5.75 Å². The van der Waals surface area contributed by atoms with Gasteiger partial charge in [0.25, 0.3) is 11.4 Å². The molecule has 1 saturated heterocycles. The van der Waals surface area contributed by atoms with Gasteiger partial charge in [-0.25, -0.2) is 19.0 Å². The van der Waals surface area contributed by atoms with E-state index >= 15 is 4.39 Å². The number of imidazole rings is 1. The summed E-state index contributed by atoms with van der Waals surface area (Å²) in [5.41, 5.74) is 4.61. The number of halogens is 1. The average molecular weight is 570 g/mol. The SMILES string of the molecule is CCC(=O)OC[C@@H](C)N[P@@](=O)(OC[C@@]1(F)O[C@@H](n2cnc3c(=O)[nH]c(N)nc32)[C@@H](O)C1O)Oc1ccccc1. The summed E-state index contributed by atoms with van der Waals surface area (Å²) in [5.74, 6) is -3.73. The molecule has 15 nitrogen and oxygen atoms in total. The zero-order valence-electron chi connectivity index (χ0n) is 20.9. The third-order valence-electron chi connectivity index (χ3n) is 5.66. The number of para-hydroxylation sites is 1. The van der Waals surface area contributed by atoms with Crippen LogP contribution in [0.15, 0.2) is 41.5 Å². The summed E-state index contributed by atoms with van der Waals surface area (Å²) in [4.78, 5) is 33.6. The number of aromatic nitrogens is 4. The maximum Gasteiger partial charge on any atom is 0.459 e. The van der Waals surface area contributed by atoms with Crippen LogP contribution in [0.4, 0.5) is 10.3 Å². The number of nitrogens with zero attached hydrogens (tertiary/aromatic N) is 3. The van der Waals surface area contributed by atoms with E-state index in [1.807, 2.05) is 0 Å². The second-order valence-corrected chi connectivity index (χ2v) is 10.4. The third kappa shape index (κ3) is 6.27. The fraction of sp³-hybridized carbons (Fsp3) is 0.455. The number of fused-ring (bicyclic) bond motifs is 1. The van der Waals surface area contributed by atoms with E-state index in [-0.39, 0.29) is 35.9 Å². The molecular weight excluding hydrogens is 542 g/mol. The molecule has 3 aromatic rings. The third-order valence-corrected chi connectivity index (χ3v) is 7.34. The molecule has 1 unspecified atom stereocenters. The normalized spacial score (nSPS) is 25.3. The summed E-state index contributed by atoms with van der Waals surface area (Å²) in [7, 11) is -4.39. The molecule has 0 saturated carbocycles. The Hall–Kier alpha value is -3.40. The number of nitrogens with two attached hydrogens (primary N) is 1. The first kappa shape index (κ1) is 28.6. The van der Waals surface area contributed by atoms with Gasteiger partial charge in [0, 0.05) is 12.5 Å². The summed E-state index contributed by atoms with van der Waals surface area (Å²) >= 11 is 0. The maximum atomic E-state index is 15.9. The molecule has 1 aliphatic rings. The number of hydrogen-bond acceptors (Lipinski definition) is 12. The van der Waals surface area contributed by atoms with Crippen LogP contribution in [0.5, 0.6) is 5.75 Å². The van der Waals surface area contributed by atoms with Gasteiger partial charge >= 0.3 is 13.7 Å². The van der Waals surface area contributed by atoms with Crippen LogP contribution in [0.1, 0.15) is 26.5 Å². The van der Waals surface area contributed by atoms with Crippen molar-refractivity contribution in [2.45, 2.75) is 50.6 Å². The maximum absolute atomic E-state index is 15.9. The molecule has 6 N–H and O–H groups in total. The van der Waals surface area contributed by atoms with Crippen LogP contribution in [0.2, 0.25) is 0 Å². The Morgan fingerprint density at radius 3 is 2.79 bits per heavy atom. The minimum absolute atomic E-state index is 0.114. The van der Waals surface area contributed by atoms with Gasteiger partial charge in [0.1, 0.15) is 31.2 Å². The van der Waals surface area contributed by atoms with Crippen LogP contribution in [0.3, 0.4) is 0 Å². The van der Waals surface area contributed by atoms with Crippen molar-refractivity contribution in [2.24, 2.45) is 0 Å². The van der Waals surface area contributed by atoms with Gasteiger partial charge in [-0.3, -0.25) is 23.7 Å². The fourth-order valence-corrected chi connectivity index (χ4v) is 5.27. The number of benzene rings is 1. The average Bonchev–Trinajstić information content (AvgIpc) is 3.41. The molecule has 39 heavy (non-hydrogen) atoms. The monoisotopic (exact) mass is 570 g/mol. The standard InChI is InChI=1S/C22H28FN6O9P/c1-3-14(30)35-9-12(2)28-39(34,38-13-7-5-4-6-8-13)36-10-22(23)17(32)16(31)20(37-22)29-11-25-15-18(29)26-21(24)27-19(15)33/h4-8,11-12,16-17,20,31-32H,3,9-10H2,1-2H3,(H,28,34)(H3,24,26,27,33)/t12-,16+,17?,20-,22-,39-/m1/s1. The summed E-state index contributed by atoms with van der Waals surface area (Å²) in [6.07, 6.45) is -4.49.